The van der Waals surface area contributed by atoms with Crippen molar-refractivity contribution in [2.75, 3.05) is 6.26 Å². The quantitative estimate of drug-likeness (QED) is 0.620. The molecular weight excluding hydrogens is 312 g/mol. The highest BCUT2D eigenvalue weighted by Crippen LogP contribution is 2.35. The van der Waals surface area contributed by atoms with Crippen molar-refractivity contribution in [1.29, 1.82) is 0 Å². The van der Waals surface area contributed by atoms with E-state index in [0.29, 0.717) is 5.25 Å². The molecule has 3 aromatic rings. The third-order valence-corrected chi connectivity index (χ3v) is 4.87. The van der Waals surface area contributed by atoms with Crippen LogP contribution in [-0.2, 0) is 0 Å². The predicted molar refractivity (Wildman–Crippen MR) is 95.4 cm³/mol. The second kappa shape index (κ2) is 6.67. The van der Waals surface area contributed by atoms with Crippen molar-refractivity contribution in [3.8, 4) is 11.5 Å². The number of aromatic amines is 1. The molecular formula is C17H18N2OS2. The number of benzene rings is 2. The molecule has 3 nitrogen and oxygen atoms in total. The van der Waals surface area contributed by atoms with E-state index in [9.17, 15) is 0 Å². The maximum atomic E-state index is 6.08. The van der Waals surface area contributed by atoms with Gasteiger partial charge in [0.25, 0.3) is 0 Å². The number of nitrogens with one attached hydrogen (secondary N) is 1. The molecule has 0 spiro atoms. The molecule has 0 saturated carbocycles. The summed E-state index contributed by atoms with van der Waals surface area (Å²) in [7, 11) is 0. The van der Waals surface area contributed by atoms with Crippen molar-refractivity contribution in [1.82, 2.24) is 10.2 Å². The number of rotatable bonds is 5. The average Bonchev–Trinajstić information content (AvgIpc) is 2.96. The predicted octanol–water partition coefficient (Wildman–Crippen LogP) is 5.58. The lowest BCUT2D eigenvalue weighted by atomic mass is 10.2. The molecule has 5 heteroatoms. The fraction of sp³-hybridized carbons (Fsp3) is 0.235. The highest BCUT2D eigenvalue weighted by Gasteiger charge is 2.10. The van der Waals surface area contributed by atoms with Crippen molar-refractivity contribution < 1.29 is 4.74 Å². The molecule has 2 aromatic carbocycles. The van der Waals surface area contributed by atoms with Gasteiger partial charge in [0.15, 0.2) is 5.75 Å². The summed E-state index contributed by atoms with van der Waals surface area (Å²) in [6.45, 7) is 4.37. The summed E-state index contributed by atoms with van der Waals surface area (Å²) in [5, 5.41) is 8.75. The van der Waals surface area contributed by atoms with E-state index in [2.05, 4.69) is 54.6 Å². The Bertz CT molecular complexity index is 766. The maximum absolute atomic E-state index is 6.08. The molecule has 0 atom stereocenters. The van der Waals surface area contributed by atoms with Gasteiger partial charge in [-0.25, -0.2) is 0 Å². The van der Waals surface area contributed by atoms with Gasteiger partial charge < -0.3 is 4.74 Å². The average molecular weight is 330 g/mol. The molecule has 0 radical (unpaired) electrons. The molecule has 0 amide bonds. The number of hydrogen-bond acceptors (Lipinski definition) is 4. The minimum atomic E-state index is 0.526. The summed E-state index contributed by atoms with van der Waals surface area (Å²) in [4.78, 5) is 2.42. The van der Waals surface area contributed by atoms with Gasteiger partial charge in [0.2, 0.25) is 0 Å². The molecule has 0 bridgehead atoms. The smallest absolute Gasteiger partial charge is 0.154 e. The molecule has 0 aliphatic carbocycles. The summed E-state index contributed by atoms with van der Waals surface area (Å²) in [5.41, 5.74) is 0.932. The number of ether oxygens (including phenoxy) is 1. The maximum Gasteiger partial charge on any atom is 0.154 e. The Morgan fingerprint density at radius 1 is 1.09 bits per heavy atom. The van der Waals surface area contributed by atoms with E-state index in [1.165, 1.54) is 9.79 Å². The first-order valence-electron chi connectivity index (χ1n) is 7.11. The topological polar surface area (TPSA) is 37.9 Å². The third-order valence-electron chi connectivity index (χ3n) is 3.15. The molecule has 0 unspecified atom stereocenters. The van der Waals surface area contributed by atoms with Gasteiger partial charge in [0.05, 0.1) is 6.20 Å². The van der Waals surface area contributed by atoms with Gasteiger partial charge in [0, 0.05) is 20.4 Å². The number of thioether (sulfide) groups is 2. The summed E-state index contributed by atoms with van der Waals surface area (Å²) in [6.07, 6.45) is 3.90. The van der Waals surface area contributed by atoms with Crippen LogP contribution in [0.1, 0.15) is 13.8 Å². The number of aromatic nitrogens is 2. The molecule has 0 fully saturated rings. The highest BCUT2D eigenvalue weighted by atomic mass is 32.2. The van der Waals surface area contributed by atoms with Crippen LogP contribution in [0.4, 0.5) is 0 Å². The van der Waals surface area contributed by atoms with Crippen molar-refractivity contribution in [2.24, 2.45) is 0 Å². The Morgan fingerprint density at radius 3 is 2.55 bits per heavy atom. The second-order valence-electron chi connectivity index (χ2n) is 5.20. The van der Waals surface area contributed by atoms with Gasteiger partial charge in [0.1, 0.15) is 11.3 Å². The first-order valence-corrected chi connectivity index (χ1v) is 9.22. The van der Waals surface area contributed by atoms with Gasteiger partial charge in [-0.2, -0.15) is 5.10 Å². The fourth-order valence-electron chi connectivity index (χ4n) is 2.19. The van der Waals surface area contributed by atoms with E-state index in [0.717, 1.165) is 22.4 Å². The van der Waals surface area contributed by atoms with Crippen molar-refractivity contribution in [3.63, 3.8) is 0 Å². The zero-order valence-electron chi connectivity index (χ0n) is 12.8. The van der Waals surface area contributed by atoms with Gasteiger partial charge in [-0.3, -0.25) is 5.10 Å². The highest BCUT2D eigenvalue weighted by molar-refractivity contribution is 8.00. The van der Waals surface area contributed by atoms with E-state index >= 15 is 0 Å². The van der Waals surface area contributed by atoms with Crippen LogP contribution in [-0.4, -0.2) is 21.7 Å². The first kappa shape index (κ1) is 15.3. The van der Waals surface area contributed by atoms with Gasteiger partial charge in [-0.05, 0) is 42.7 Å². The van der Waals surface area contributed by atoms with Gasteiger partial charge in [-0.15, -0.1) is 23.5 Å². The largest absolute Gasteiger partial charge is 0.455 e. The SMILES string of the molecule is CSc1ccc(Oc2cc(SC(C)C)cc3cn[nH]c23)cc1. The number of fused-ring (bicyclic) bond motifs is 1. The zero-order valence-corrected chi connectivity index (χ0v) is 14.4. The van der Waals surface area contributed by atoms with Crippen LogP contribution in [0.2, 0.25) is 0 Å². The van der Waals surface area contributed by atoms with Crippen molar-refractivity contribution >= 4 is 34.4 Å². The van der Waals surface area contributed by atoms with E-state index in [1.807, 2.05) is 30.1 Å². The summed E-state index contributed by atoms with van der Waals surface area (Å²) >= 11 is 3.54. The lowest BCUT2D eigenvalue weighted by molar-refractivity contribution is 0.485. The molecule has 0 aliphatic heterocycles. The minimum absolute atomic E-state index is 0.526. The van der Waals surface area contributed by atoms with Crippen LogP contribution in [0.15, 0.2) is 52.4 Å². The molecule has 22 heavy (non-hydrogen) atoms. The lowest BCUT2D eigenvalue weighted by Crippen LogP contribution is -1.89. The van der Waals surface area contributed by atoms with E-state index < -0.39 is 0 Å². The zero-order chi connectivity index (χ0) is 15.5. The van der Waals surface area contributed by atoms with Crippen LogP contribution >= 0.6 is 23.5 Å². The molecule has 114 valence electrons. The van der Waals surface area contributed by atoms with Gasteiger partial charge >= 0.3 is 0 Å². The van der Waals surface area contributed by atoms with Crippen LogP contribution in [0.5, 0.6) is 11.5 Å². The van der Waals surface area contributed by atoms with Crippen LogP contribution < -0.4 is 4.74 Å². The molecule has 0 saturated heterocycles. The van der Waals surface area contributed by atoms with E-state index in [1.54, 1.807) is 11.8 Å². The Hall–Kier alpha value is -1.59. The van der Waals surface area contributed by atoms with Crippen molar-refractivity contribution in [3.05, 3.63) is 42.6 Å². The van der Waals surface area contributed by atoms with Crippen molar-refractivity contribution in [2.45, 2.75) is 28.9 Å². The Labute approximate surface area is 138 Å². The molecule has 1 heterocycles. The minimum Gasteiger partial charge on any atom is -0.455 e. The number of hydrogen-bond donors (Lipinski definition) is 1. The standard InChI is InChI=1S/C17H18N2OS2/c1-11(2)22-15-8-12-10-18-19-17(12)16(9-15)20-13-4-6-14(21-3)7-5-13/h4-11H,1-3H3,(H,18,19). The van der Waals surface area contributed by atoms with Crippen LogP contribution in [0.3, 0.4) is 0 Å². The molecule has 1 aromatic heterocycles. The number of H-pyrrole nitrogens is 1. The molecule has 0 aliphatic rings. The first-order chi connectivity index (χ1) is 10.7. The van der Waals surface area contributed by atoms with Crippen LogP contribution in [0, 0.1) is 0 Å². The van der Waals surface area contributed by atoms with Gasteiger partial charge in [-0.1, -0.05) is 13.8 Å². The second-order valence-corrected chi connectivity index (χ2v) is 7.73. The number of nitrogens with zero attached hydrogens (tertiary/aromatic N) is 1. The molecule has 3 rings (SSSR count). The summed E-state index contributed by atoms with van der Waals surface area (Å²) in [5.74, 6) is 1.65. The summed E-state index contributed by atoms with van der Waals surface area (Å²) < 4.78 is 6.08. The monoisotopic (exact) mass is 330 g/mol. The normalized spacial score (nSPS) is 11.3. The lowest BCUT2D eigenvalue weighted by Gasteiger charge is -2.11. The Morgan fingerprint density at radius 2 is 1.86 bits per heavy atom. The molecule has 1 N–H and O–H groups in total. The third kappa shape index (κ3) is 3.42. The van der Waals surface area contributed by atoms with E-state index in [-0.39, 0.29) is 0 Å². The summed E-state index contributed by atoms with van der Waals surface area (Å²) in [6, 6.07) is 12.3. The van der Waals surface area contributed by atoms with E-state index in [4.69, 9.17) is 4.74 Å². The Kier molecular flexibility index (Phi) is 4.64. The van der Waals surface area contributed by atoms with Crippen LogP contribution in [0.25, 0.3) is 10.9 Å². The Balaban J connectivity index is 1.95. The fourth-order valence-corrected chi connectivity index (χ4v) is 3.51.